The van der Waals surface area contributed by atoms with Gasteiger partial charge in [-0.3, -0.25) is 4.79 Å². The summed E-state index contributed by atoms with van der Waals surface area (Å²) in [6.45, 7) is 1.87. The first kappa shape index (κ1) is 18.4. The fraction of sp³-hybridized carbons (Fsp3) is 0.200. The predicted octanol–water partition coefficient (Wildman–Crippen LogP) is 3.27. The van der Waals surface area contributed by atoms with Gasteiger partial charge in [0.2, 0.25) is 0 Å². The Morgan fingerprint density at radius 2 is 1.89 bits per heavy atom. The maximum atomic E-state index is 13.0. The van der Waals surface area contributed by atoms with E-state index >= 15 is 0 Å². The minimum atomic E-state index is -0.654. The number of phenols is 1. The van der Waals surface area contributed by atoms with Crippen molar-refractivity contribution >= 4 is 22.6 Å². The van der Waals surface area contributed by atoms with E-state index in [4.69, 9.17) is 4.42 Å². The molecule has 0 radical (unpaired) electrons. The third-order valence-corrected chi connectivity index (χ3v) is 4.40. The third-order valence-electron chi connectivity index (χ3n) is 4.40. The number of fused-ring (bicyclic) bond motifs is 1. The molecule has 0 spiro atoms. The number of hydrogen-bond acceptors (Lipinski definition) is 6. The molecule has 0 fully saturated rings. The summed E-state index contributed by atoms with van der Waals surface area (Å²) in [7, 11) is 1.25. The predicted molar refractivity (Wildman–Crippen MR) is 98.3 cm³/mol. The molecule has 1 heterocycles. The lowest BCUT2D eigenvalue weighted by atomic mass is 10.0. The average Bonchev–Trinajstić information content (AvgIpc) is 2.65. The molecule has 0 aliphatic carbocycles. The fourth-order valence-electron chi connectivity index (χ4n) is 2.85. The number of carbonyl (C=O) groups excluding carboxylic acids is 1. The topological polar surface area (TPSA) is 88.8 Å². The number of anilines is 1. The Labute approximate surface area is 154 Å². The molecule has 0 unspecified atom stereocenters. The summed E-state index contributed by atoms with van der Waals surface area (Å²) in [6, 6.07) is 8.88. The molecule has 140 valence electrons. The summed E-state index contributed by atoms with van der Waals surface area (Å²) in [5, 5.41) is 13.9. The second-order valence-corrected chi connectivity index (χ2v) is 6.05. The van der Waals surface area contributed by atoms with Crippen LogP contribution in [0.25, 0.3) is 11.0 Å². The molecule has 7 heteroatoms. The van der Waals surface area contributed by atoms with E-state index in [0.29, 0.717) is 22.2 Å². The van der Waals surface area contributed by atoms with Crippen molar-refractivity contribution in [3.05, 3.63) is 69.3 Å². The standard InChI is InChI=1S/C20H18FNO5/c1-11-14-7-8-17(23)16(10-22-13-5-3-12(21)4-6-13)19(14)27-20(25)15(11)9-18(24)26-2/h3-8,22-23H,9-10H2,1-2H3. The van der Waals surface area contributed by atoms with Gasteiger partial charge < -0.3 is 19.6 Å². The van der Waals surface area contributed by atoms with Crippen LogP contribution < -0.4 is 10.9 Å². The zero-order valence-corrected chi connectivity index (χ0v) is 14.8. The lowest BCUT2D eigenvalue weighted by molar-refractivity contribution is -0.139. The Morgan fingerprint density at radius 3 is 2.56 bits per heavy atom. The number of hydrogen-bond donors (Lipinski definition) is 2. The second kappa shape index (κ2) is 7.49. The van der Waals surface area contributed by atoms with Crippen LogP contribution >= 0.6 is 0 Å². The molecule has 3 aromatic rings. The fourth-order valence-corrected chi connectivity index (χ4v) is 2.85. The molecule has 2 aromatic carbocycles. The molecule has 2 N–H and O–H groups in total. The molecule has 0 saturated carbocycles. The first-order valence-electron chi connectivity index (χ1n) is 8.24. The highest BCUT2D eigenvalue weighted by Crippen LogP contribution is 2.30. The van der Waals surface area contributed by atoms with Gasteiger partial charge in [-0.25, -0.2) is 9.18 Å². The Morgan fingerprint density at radius 1 is 1.19 bits per heavy atom. The number of ether oxygens (including phenoxy) is 1. The SMILES string of the molecule is COC(=O)Cc1c(C)c2ccc(O)c(CNc3ccc(F)cc3)c2oc1=O. The van der Waals surface area contributed by atoms with Crippen LogP contribution in [-0.2, 0) is 22.5 Å². The Hall–Kier alpha value is -3.35. The molecule has 1 aromatic heterocycles. The maximum Gasteiger partial charge on any atom is 0.340 e. The largest absolute Gasteiger partial charge is 0.507 e. The van der Waals surface area contributed by atoms with Crippen molar-refractivity contribution in [3.63, 3.8) is 0 Å². The minimum absolute atomic E-state index is 0.0413. The van der Waals surface area contributed by atoms with Gasteiger partial charge in [-0.15, -0.1) is 0 Å². The van der Waals surface area contributed by atoms with Crippen LogP contribution in [0.2, 0.25) is 0 Å². The van der Waals surface area contributed by atoms with Crippen molar-refractivity contribution in [2.75, 3.05) is 12.4 Å². The molecule has 0 bridgehead atoms. The van der Waals surface area contributed by atoms with Gasteiger partial charge in [0.15, 0.2) is 0 Å². The van der Waals surface area contributed by atoms with Crippen LogP contribution in [0.3, 0.4) is 0 Å². The monoisotopic (exact) mass is 371 g/mol. The van der Waals surface area contributed by atoms with Gasteiger partial charge in [0.05, 0.1) is 24.7 Å². The highest BCUT2D eigenvalue weighted by Gasteiger charge is 2.18. The smallest absolute Gasteiger partial charge is 0.340 e. The molecule has 27 heavy (non-hydrogen) atoms. The molecular formula is C20H18FNO5. The lowest BCUT2D eigenvalue weighted by Crippen LogP contribution is -2.16. The first-order valence-corrected chi connectivity index (χ1v) is 8.24. The van der Waals surface area contributed by atoms with E-state index in [-0.39, 0.29) is 35.7 Å². The van der Waals surface area contributed by atoms with Crippen molar-refractivity contribution in [1.29, 1.82) is 0 Å². The molecule has 0 aliphatic rings. The Balaban J connectivity index is 2.02. The van der Waals surface area contributed by atoms with Crippen molar-refractivity contribution < 1.29 is 23.4 Å². The van der Waals surface area contributed by atoms with Gasteiger partial charge in [-0.2, -0.15) is 0 Å². The molecule has 6 nitrogen and oxygen atoms in total. The van der Waals surface area contributed by atoms with E-state index in [9.17, 15) is 19.1 Å². The van der Waals surface area contributed by atoms with Crippen molar-refractivity contribution in [1.82, 2.24) is 0 Å². The number of benzene rings is 2. The zero-order chi connectivity index (χ0) is 19.6. The van der Waals surface area contributed by atoms with Crippen molar-refractivity contribution in [2.45, 2.75) is 19.9 Å². The number of esters is 1. The van der Waals surface area contributed by atoms with Crippen LogP contribution in [0.1, 0.15) is 16.7 Å². The minimum Gasteiger partial charge on any atom is -0.507 e. The first-order chi connectivity index (χ1) is 12.9. The van der Waals surface area contributed by atoms with E-state index in [1.807, 2.05) is 0 Å². The molecule has 0 aliphatic heterocycles. The number of phenolic OH excluding ortho intramolecular Hbond substituents is 1. The van der Waals surface area contributed by atoms with Crippen LogP contribution in [0.15, 0.2) is 45.6 Å². The second-order valence-electron chi connectivity index (χ2n) is 6.05. The van der Waals surface area contributed by atoms with E-state index in [1.165, 1.54) is 25.3 Å². The summed E-state index contributed by atoms with van der Waals surface area (Å²) >= 11 is 0. The Bertz CT molecular complexity index is 1060. The number of aryl methyl sites for hydroxylation is 1. The molecule has 3 rings (SSSR count). The summed E-state index contributed by atoms with van der Waals surface area (Å²) in [4.78, 5) is 23.9. The summed E-state index contributed by atoms with van der Waals surface area (Å²) in [6.07, 6.45) is -0.190. The summed E-state index contributed by atoms with van der Waals surface area (Å²) in [5.74, 6) is -0.935. The van der Waals surface area contributed by atoms with Gasteiger partial charge in [-0.05, 0) is 48.9 Å². The normalized spacial score (nSPS) is 10.8. The highest BCUT2D eigenvalue weighted by atomic mass is 19.1. The van der Waals surface area contributed by atoms with Crippen LogP contribution in [0, 0.1) is 12.7 Å². The van der Waals surface area contributed by atoms with Gasteiger partial charge >= 0.3 is 11.6 Å². The number of halogens is 1. The van der Waals surface area contributed by atoms with Crippen LogP contribution in [0.4, 0.5) is 10.1 Å². The lowest BCUT2D eigenvalue weighted by Gasteiger charge is -2.13. The number of nitrogens with one attached hydrogen (secondary N) is 1. The number of methoxy groups -OCH3 is 1. The van der Waals surface area contributed by atoms with E-state index in [1.54, 1.807) is 25.1 Å². The van der Waals surface area contributed by atoms with Gasteiger partial charge in [0.1, 0.15) is 17.1 Å². The Kier molecular flexibility index (Phi) is 5.12. The highest BCUT2D eigenvalue weighted by molar-refractivity contribution is 5.87. The van der Waals surface area contributed by atoms with E-state index < -0.39 is 11.6 Å². The summed E-state index contributed by atoms with van der Waals surface area (Å²) < 4.78 is 23.0. The number of rotatable bonds is 5. The van der Waals surface area contributed by atoms with Crippen LogP contribution in [0.5, 0.6) is 5.75 Å². The van der Waals surface area contributed by atoms with E-state index in [0.717, 1.165) is 0 Å². The number of carbonyl (C=O) groups is 1. The molecular weight excluding hydrogens is 353 g/mol. The van der Waals surface area contributed by atoms with E-state index in [2.05, 4.69) is 10.1 Å². The van der Waals surface area contributed by atoms with Gasteiger partial charge in [0, 0.05) is 17.6 Å². The van der Waals surface area contributed by atoms with Gasteiger partial charge in [0.25, 0.3) is 0 Å². The number of aromatic hydroxyl groups is 1. The van der Waals surface area contributed by atoms with Crippen molar-refractivity contribution in [3.8, 4) is 5.75 Å². The quantitative estimate of drug-likeness (QED) is 0.529. The third kappa shape index (κ3) is 3.76. The maximum absolute atomic E-state index is 13.0. The van der Waals surface area contributed by atoms with Crippen LogP contribution in [-0.4, -0.2) is 18.2 Å². The molecule has 0 atom stereocenters. The van der Waals surface area contributed by atoms with Gasteiger partial charge in [-0.1, -0.05) is 0 Å². The average molecular weight is 371 g/mol. The molecule has 0 amide bonds. The zero-order valence-electron chi connectivity index (χ0n) is 14.8. The molecule has 0 saturated heterocycles. The van der Waals surface area contributed by atoms with Crippen molar-refractivity contribution in [2.24, 2.45) is 0 Å². The summed E-state index contributed by atoms with van der Waals surface area (Å²) in [5.41, 5.74) is 1.43.